The Morgan fingerprint density at radius 1 is 1.29 bits per heavy atom. The summed E-state index contributed by atoms with van der Waals surface area (Å²) < 4.78 is 0. The minimum Gasteiger partial charge on any atom is -0.316 e. The van der Waals surface area contributed by atoms with Gasteiger partial charge in [-0.25, -0.2) is 0 Å². The van der Waals surface area contributed by atoms with Crippen LogP contribution in [0.25, 0.3) is 10.9 Å². The molecule has 3 nitrogen and oxygen atoms in total. The van der Waals surface area contributed by atoms with Gasteiger partial charge in [0.25, 0.3) is 0 Å². The largest absolute Gasteiger partial charge is 0.316 e. The van der Waals surface area contributed by atoms with Gasteiger partial charge < -0.3 is 5.32 Å². The van der Waals surface area contributed by atoms with Crippen molar-refractivity contribution in [3.8, 4) is 0 Å². The molecule has 112 valence electrons. The number of fused-ring (bicyclic) bond motifs is 1. The van der Waals surface area contributed by atoms with E-state index >= 15 is 0 Å². The minimum atomic E-state index is 0.805. The Labute approximate surface area is 127 Å². The highest BCUT2D eigenvalue weighted by atomic mass is 15.1. The average Bonchev–Trinajstić information content (AvgIpc) is 2.96. The first-order chi connectivity index (χ1) is 10.4. The van der Waals surface area contributed by atoms with Crippen LogP contribution < -0.4 is 5.32 Å². The van der Waals surface area contributed by atoms with E-state index in [0.717, 1.165) is 31.1 Å². The van der Waals surface area contributed by atoms with Crippen LogP contribution in [0, 0.1) is 5.92 Å². The van der Waals surface area contributed by atoms with Crippen LogP contribution in [0.3, 0.4) is 0 Å². The zero-order chi connectivity index (χ0) is 14.5. The summed E-state index contributed by atoms with van der Waals surface area (Å²) in [5, 5.41) is 4.80. The summed E-state index contributed by atoms with van der Waals surface area (Å²) in [5.41, 5.74) is 2.52. The van der Waals surface area contributed by atoms with Gasteiger partial charge in [0.05, 0.1) is 5.52 Å². The summed E-state index contributed by atoms with van der Waals surface area (Å²) in [5.74, 6) is 0.805. The van der Waals surface area contributed by atoms with E-state index in [9.17, 15) is 0 Å². The maximum absolute atomic E-state index is 4.56. The molecule has 0 bridgehead atoms. The highest BCUT2D eigenvalue weighted by Gasteiger charge is 2.22. The molecule has 0 radical (unpaired) electrons. The van der Waals surface area contributed by atoms with E-state index < -0.39 is 0 Å². The fraction of sp³-hybridized carbons (Fsp3) is 0.500. The lowest BCUT2D eigenvalue weighted by Crippen LogP contribution is -2.26. The van der Waals surface area contributed by atoms with Gasteiger partial charge in [-0.15, -0.1) is 0 Å². The van der Waals surface area contributed by atoms with Crippen molar-refractivity contribution in [2.75, 3.05) is 26.2 Å². The molecule has 1 aliphatic rings. The number of para-hydroxylation sites is 1. The maximum atomic E-state index is 4.56. The van der Waals surface area contributed by atoms with Gasteiger partial charge in [-0.1, -0.05) is 31.2 Å². The normalized spacial score (nSPS) is 19.4. The van der Waals surface area contributed by atoms with Gasteiger partial charge in [0, 0.05) is 24.7 Å². The SMILES string of the molecule is CCCNCC1CCN(Cc2cccc3cccnc23)C1. The number of likely N-dealkylation sites (tertiary alicyclic amines) is 1. The number of pyridine rings is 1. The van der Waals surface area contributed by atoms with E-state index in [0.29, 0.717) is 0 Å². The van der Waals surface area contributed by atoms with Gasteiger partial charge in [0.15, 0.2) is 0 Å². The van der Waals surface area contributed by atoms with Crippen LogP contribution in [0.2, 0.25) is 0 Å². The lowest BCUT2D eigenvalue weighted by Gasteiger charge is -2.17. The summed E-state index contributed by atoms with van der Waals surface area (Å²) in [6.07, 6.45) is 4.43. The van der Waals surface area contributed by atoms with Crippen molar-refractivity contribution in [3.05, 3.63) is 42.1 Å². The van der Waals surface area contributed by atoms with Crippen LogP contribution in [-0.2, 0) is 6.54 Å². The second kappa shape index (κ2) is 7.01. The Kier molecular flexibility index (Phi) is 4.84. The van der Waals surface area contributed by atoms with Crippen LogP contribution in [0.15, 0.2) is 36.5 Å². The van der Waals surface area contributed by atoms with Crippen LogP contribution in [0.5, 0.6) is 0 Å². The third kappa shape index (κ3) is 3.60. The van der Waals surface area contributed by atoms with Gasteiger partial charge in [-0.3, -0.25) is 9.88 Å². The number of aromatic nitrogens is 1. The molecule has 1 fully saturated rings. The molecule has 3 rings (SSSR count). The number of hydrogen-bond donors (Lipinski definition) is 1. The van der Waals surface area contributed by atoms with Crippen molar-refractivity contribution in [2.24, 2.45) is 5.92 Å². The van der Waals surface area contributed by atoms with Crippen molar-refractivity contribution >= 4 is 10.9 Å². The molecular weight excluding hydrogens is 258 g/mol. The van der Waals surface area contributed by atoms with Crippen LogP contribution in [-0.4, -0.2) is 36.1 Å². The number of benzene rings is 1. The molecule has 1 saturated heterocycles. The predicted molar refractivity (Wildman–Crippen MR) is 88.3 cm³/mol. The van der Waals surface area contributed by atoms with Crippen LogP contribution >= 0.6 is 0 Å². The molecule has 1 atom stereocenters. The molecule has 0 amide bonds. The van der Waals surface area contributed by atoms with Gasteiger partial charge in [0.1, 0.15) is 0 Å². The van der Waals surface area contributed by atoms with Crippen LogP contribution in [0.1, 0.15) is 25.3 Å². The fourth-order valence-corrected chi connectivity index (χ4v) is 3.24. The lowest BCUT2D eigenvalue weighted by molar-refractivity contribution is 0.315. The predicted octanol–water partition coefficient (Wildman–Crippen LogP) is 3.06. The third-order valence-corrected chi connectivity index (χ3v) is 4.34. The molecule has 2 heterocycles. The van der Waals surface area contributed by atoms with E-state index in [1.807, 2.05) is 12.3 Å². The molecule has 0 spiro atoms. The lowest BCUT2D eigenvalue weighted by atomic mass is 10.1. The molecule has 3 heteroatoms. The first kappa shape index (κ1) is 14.5. The van der Waals surface area contributed by atoms with Gasteiger partial charge in [-0.05, 0) is 50.0 Å². The van der Waals surface area contributed by atoms with Crippen molar-refractivity contribution < 1.29 is 0 Å². The first-order valence-electron chi connectivity index (χ1n) is 8.12. The Balaban J connectivity index is 1.62. The van der Waals surface area contributed by atoms with Crippen molar-refractivity contribution in [3.63, 3.8) is 0 Å². The zero-order valence-electron chi connectivity index (χ0n) is 12.9. The number of nitrogens with zero attached hydrogens (tertiary/aromatic N) is 2. The fourth-order valence-electron chi connectivity index (χ4n) is 3.24. The summed E-state index contributed by atoms with van der Waals surface area (Å²) in [6, 6.07) is 10.7. The van der Waals surface area contributed by atoms with E-state index in [1.165, 1.54) is 36.9 Å². The average molecular weight is 283 g/mol. The number of nitrogens with one attached hydrogen (secondary N) is 1. The number of hydrogen-bond acceptors (Lipinski definition) is 3. The molecule has 0 aliphatic carbocycles. The monoisotopic (exact) mass is 283 g/mol. The molecular formula is C18H25N3. The second-order valence-electron chi connectivity index (χ2n) is 6.09. The summed E-state index contributed by atoms with van der Waals surface area (Å²) in [6.45, 7) is 7.98. The Morgan fingerprint density at radius 2 is 2.19 bits per heavy atom. The molecule has 0 saturated carbocycles. The highest BCUT2D eigenvalue weighted by Crippen LogP contribution is 2.22. The second-order valence-corrected chi connectivity index (χ2v) is 6.09. The van der Waals surface area contributed by atoms with Crippen molar-refractivity contribution in [1.29, 1.82) is 0 Å². The van der Waals surface area contributed by atoms with E-state index in [4.69, 9.17) is 0 Å². The molecule has 2 aromatic rings. The molecule has 1 unspecified atom stereocenters. The number of rotatable bonds is 6. The Bertz CT molecular complexity index is 576. The summed E-state index contributed by atoms with van der Waals surface area (Å²) >= 11 is 0. The van der Waals surface area contributed by atoms with Gasteiger partial charge in [-0.2, -0.15) is 0 Å². The smallest absolute Gasteiger partial charge is 0.0746 e. The van der Waals surface area contributed by atoms with Crippen molar-refractivity contribution in [1.82, 2.24) is 15.2 Å². The summed E-state index contributed by atoms with van der Waals surface area (Å²) in [7, 11) is 0. The summed E-state index contributed by atoms with van der Waals surface area (Å²) in [4.78, 5) is 7.14. The Hall–Kier alpha value is -1.45. The molecule has 21 heavy (non-hydrogen) atoms. The van der Waals surface area contributed by atoms with E-state index in [-0.39, 0.29) is 0 Å². The van der Waals surface area contributed by atoms with Gasteiger partial charge >= 0.3 is 0 Å². The topological polar surface area (TPSA) is 28.2 Å². The molecule has 1 aromatic heterocycles. The molecule has 1 N–H and O–H groups in total. The van der Waals surface area contributed by atoms with E-state index in [1.54, 1.807) is 0 Å². The minimum absolute atomic E-state index is 0.805. The van der Waals surface area contributed by atoms with E-state index in [2.05, 4.69) is 46.4 Å². The highest BCUT2D eigenvalue weighted by molar-refractivity contribution is 5.81. The van der Waals surface area contributed by atoms with Crippen LogP contribution in [0.4, 0.5) is 0 Å². The maximum Gasteiger partial charge on any atom is 0.0746 e. The third-order valence-electron chi connectivity index (χ3n) is 4.34. The van der Waals surface area contributed by atoms with Crippen molar-refractivity contribution in [2.45, 2.75) is 26.3 Å². The molecule has 1 aliphatic heterocycles. The Morgan fingerprint density at radius 3 is 3.10 bits per heavy atom. The quantitative estimate of drug-likeness (QED) is 0.826. The first-order valence-corrected chi connectivity index (χ1v) is 8.12. The molecule has 1 aromatic carbocycles. The van der Waals surface area contributed by atoms with Gasteiger partial charge in [0.2, 0.25) is 0 Å². The standard InChI is InChI=1S/C18H25N3/c1-2-9-19-12-15-8-11-21(13-15)14-17-6-3-5-16-7-4-10-20-18(16)17/h3-7,10,15,19H,2,8-9,11-14H2,1H3. The zero-order valence-corrected chi connectivity index (χ0v) is 12.9.